The van der Waals surface area contributed by atoms with E-state index in [2.05, 4.69) is 9.47 Å². The van der Waals surface area contributed by atoms with Gasteiger partial charge in [0.05, 0.1) is 19.8 Å². The third-order valence-corrected chi connectivity index (χ3v) is 1.64. The van der Waals surface area contributed by atoms with Crippen LogP contribution in [0.15, 0.2) is 23.4 Å². The third-order valence-electron chi connectivity index (χ3n) is 1.64. The molecule has 0 aromatic carbocycles. The normalized spacial score (nSPS) is 9.94. The van der Waals surface area contributed by atoms with Gasteiger partial charge in [0.25, 0.3) is 0 Å². The number of ether oxygens (including phenoxy) is 2. The molecule has 0 heterocycles. The summed E-state index contributed by atoms with van der Waals surface area (Å²) < 4.78 is 8.85. The van der Waals surface area contributed by atoms with Gasteiger partial charge in [-0.2, -0.15) is 5.26 Å². The van der Waals surface area contributed by atoms with Gasteiger partial charge < -0.3 is 14.4 Å². The monoisotopic (exact) mass is 238 g/mol. The van der Waals surface area contributed by atoms with Gasteiger partial charge in [-0.1, -0.05) is 0 Å². The Labute approximate surface area is 99.7 Å². The summed E-state index contributed by atoms with van der Waals surface area (Å²) in [6, 6.07) is 1.85. The van der Waals surface area contributed by atoms with E-state index in [0.29, 0.717) is 0 Å². The van der Waals surface area contributed by atoms with Gasteiger partial charge in [-0.15, -0.1) is 0 Å². The van der Waals surface area contributed by atoms with Crippen molar-refractivity contribution < 1.29 is 19.1 Å². The predicted octanol–water partition coefficient (Wildman–Crippen LogP) is 0.228. The van der Waals surface area contributed by atoms with E-state index in [1.54, 1.807) is 19.0 Å². The van der Waals surface area contributed by atoms with Gasteiger partial charge in [-0.3, -0.25) is 0 Å². The second-order valence-electron chi connectivity index (χ2n) is 3.20. The summed E-state index contributed by atoms with van der Waals surface area (Å²) in [6.45, 7) is 0. The van der Waals surface area contributed by atoms with Crippen LogP contribution < -0.4 is 0 Å². The fourth-order valence-electron chi connectivity index (χ4n) is 0.953. The average Bonchev–Trinajstić information content (AvgIpc) is 2.31. The highest BCUT2D eigenvalue weighted by molar-refractivity contribution is 6.14. The van der Waals surface area contributed by atoms with E-state index in [0.717, 1.165) is 20.3 Å². The minimum Gasteiger partial charge on any atom is -0.465 e. The first kappa shape index (κ1) is 14.7. The van der Waals surface area contributed by atoms with Crippen LogP contribution in [0, 0.1) is 11.3 Å². The Kier molecular flexibility index (Phi) is 6.11. The molecule has 0 aromatic rings. The molecule has 0 aromatic heterocycles. The average molecular weight is 238 g/mol. The Morgan fingerprint density at radius 3 is 1.94 bits per heavy atom. The summed E-state index contributed by atoms with van der Waals surface area (Å²) in [5.74, 6) is -1.70. The van der Waals surface area contributed by atoms with Crippen molar-refractivity contribution in [3.8, 4) is 6.07 Å². The highest BCUT2D eigenvalue weighted by Gasteiger charge is 2.20. The first-order valence-corrected chi connectivity index (χ1v) is 4.63. The van der Waals surface area contributed by atoms with Crippen molar-refractivity contribution in [1.82, 2.24) is 4.90 Å². The van der Waals surface area contributed by atoms with Crippen molar-refractivity contribution in [2.45, 2.75) is 0 Å². The zero-order valence-electron chi connectivity index (χ0n) is 10.2. The molecule has 0 N–H and O–H groups in total. The maximum atomic E-state index is 11.3. The summed E-state index contributed by atoms with van der Waals surface area (Å²) in [5.41, 5.74) is -0.189. The molecule has 0 bridgehead atoms. The minimum atomic E-state index is -0.850. The lowest BCUT2D eigenvalue weighted by molar-refractivity contribution is -0.144. The molecule has 0 radical (unpaired) electrons. The van der Waals surface area contributed by atoms with Crippen LogP contribution in [-0.4, -0.2) is 45.2 Å². The van der Waals surface area contributed by atoms with Crippen molar-refractivity contribution in [2.24, 2.45) is 0 Å². The van der Waals surface area contributed by atoms with Gasteiger partial charge in [0.2, 0.25) is 0 Å². The molecule has 6 heteroatoms. The summed E-state index contributed by atoms with van der Waals surface area (Å²) in [5, 5.41) is 8.84. The van der Waals surface area contributed by atoms with E-state index in [1.807, 2.05) is 6.07 Å². The molecule has 0 aliphatic heterocycles. The van der Waals surface area contributed by atoms with Gasteiger partial charge in [0.15, 0.2) is 0 Å². The number of hydrogen-bond donors (Lipinski definition) is 0. The summed E-state index contributed by atoms with van der Waals surface area (Å²) in [7, 11) is 5.70. The fourth-order valence-corrected chi connectivity index (χ4v) is 0.953. The quantitative estimate of drug-likeness (QED) is 0.174. The molecule has 0 aliphatic carbocycles. The molecule has 0 aliphatic rings. The summed E-state index contributed by atoms with van der Waals surface area (Å²) in [6.07, 6.45) is 2.59. The van der Waals surface area contributed by atoms with Crippen molar-refractivity contribution in [2.75, 3.05) is 28.3 Å². The number of hydrogen-bond acceptors (Lipinski definition) is 6. The SMILES string of the molecule is COC(=O)C(=C/C(C#N)=C\N(C)C)C(=O)OC. The first-order valence-electron chi connectivity index (χ1n) is 4.63. The standard InChI is InChI=1S/C11H14N2O4/c1-13(2)7-8(6-12)5-9(10(14)16-3)11(15)17-4/h5,7H,1-4H3/b8-7+. The molecule has 0 unspecified atom stereocenters. The second-order valence-corrected chi connectivity index (χ2v) is 3.20. The predicted molar refractivity (Wildman–Crippen MR) is 59.5 cm³/mol. The van der Waals surface area contributed by atoms with E-state index in [4.69, 9.17) is 5.26 Å². The molecule has 6 nitrogen and oxygen atoms in total. The fraction of sp³-hybridized carbons (Fsp3) is 0.364. The molecule has 0 spiro atoms. The van der Waals surface area contributed by atoms with E-state index >= 15 is 0 Å². The van der Waals surface area contributed by atoms with Gasteiger partial charge in [0, 0.05) is 20.3 Å². The van der Waals surface area contributed by atoms with Crippen LogP contribution in [0.4, 0.5) is 0 Å². The Morgan fingerprint density at radius 1 is 1.18 bits per heavy atom. The number of methoxy groups -OCH3 is 2. The molecule has 0 amide bonds. The van der Waals surface area contributed by atoms with Crippen molar-refractivity contribution in [3.63, 3.8) is 0 Å². The van der Waals surface area contributed by atoms with Crippen LogP contribution in [-0.2, 0) is 19.1 Å². The highest BCUT2D eigenvalue weighted by Crippen LogP contribution is 2.06. The van der Waals surface area contributed by atoms with E-state index < -0.39 is 11.9 Å². The van der Waals surface area contributed by atoms with E-state index in [9.17, 15) is 9.59 Å². The van der Waals surface area contributed by atoms with Gasteiger partial charge >= 0.3 is 11.9 Å². The molecule has 0 saturated carbocycles. The molecule has 0 saturated heterocycles. The maximum absolute atomic E-state index is 11.3. The molecule has 17 heavy (non-hydrogen) atoms. The van der Waals surface area contributed by atoms with Gasteiger partial charge in [0.1, 0.15) is 11.6 Å². The van der Waals surface area contributed by atoms with Crippen LogP contribution in [0.1, 0.15) is 0 Å². The maximum Gasteiger partial charge on any atom is 0.345 e. The molecule has 0 rings (SSSR count). The van der Waals surface area contributed by atoms with Crippen LogP contribution in [0.3, 0.4) is 0 Å². The summed E-state index contributed by atoms with van der Waals surface area (Å²) in [4.78, 5) is 24.2. The zero-order chi connectivity index (χ0) is 13.4. The Bertz CT molecular complexity index is 384. The second kappa shape index (κ2) is 7.06. The number of rotatable bonds is 4. The first-order chi connectivity index (χ1) is 7.96. The number of allylic oxidation sites excluding steroid dienone is 2. The van der Waals surface area contributed by atoms with Gasteiger partial charge in [-0.05, 0) is 6.08 Å². The molecular formula is C11H14N2O4. The number of esters is 2. The van der Waals surface area contributed by atoms with E-state index in [-0.39, 0.29) is 11.1 Å². The molecule has 0 fully saturated rings. The lowest BCUT2D eigenvalue weighted by Gasteiger charge is -2.05. The molecule has 0 atom stereocenters. The minimum absolute atomic E-state index is 0.140. The van der Waals surface area contributed by atoms with Crippen LogP contribution in [0.2, 0.25) is 0 Å². The molecule has 92 valence electrons. The highest BCUT2D eigenvalue weighted by atomic mass is 16.5. The Morgan fingerprint density at radius 2 is 1.65 bits per heavy atom. The van der Waals surface area contributed by atoms with E-state index in [1.165, 1.54) is 6.20 Å². The number of nitriles is 1. The van der Waals surface area contributed by atoms with Crippen LogP contribution in [0.5, 0.6) is 0 Å². The summed E-state index contributed by atoms with van der Waals surface area (Å²) >= 11 is 0. The number of carbonyl (C=O) groups is 2. The number of carbonyl (C=O) groups excluding carboxylic acids is 2. The van der Waals surface area contributed by atoms with Crippen molar-refractivity contribution in [1.29, 1.82) is 5.26 Å². The lowest BCUT2D eigenvalue weighted by Crippen LogP contribution is -2.16. The topological polar surface area (TPSA) is 79.6 Å². The lowest BCUT2D eigenvalue weighted by atomic mass is 10.1. The third kappa shape index (κ3) is 4.84. The largest absolute Gasteiger partial charge is 0.465 e. The van der Waals surface area contributed by atoms with Crippen LogP contribution in [0.25, 0.3) is 0 Å². The van der Waals surface area contributed by atoms with Crippen molar-refractivity contribution >= 4 is 11.9 Å². The van der Waals surface area contributed by atoms with Crippen molar-refractivity contribution in [3.05, 3.63) is 23.4 Å². The van der Waals surface area contributed by atoms with Crippen LogP contribution >= 0.6 is 0 Å². The number of nitrogens with zero attached hydrogens (tertiary/aromatic N) is 2. The smallest absolute Gasteiger partial charge is 0.345 e. The molecular weight excluding hydrogens is 224 g/mol. The Hall–Kier alpha value is -2.29. The van der Waals surface area contributed by atoms with Gasteiger partial charge in [-0.25, -0.2) is 9.59 Å². The zero-order valence-corrected chi connectivity index (χ0v) is 10.2. The Balaban J connectivity index is 5.38.